The van der Waals surface area contributed by atoms with Gasteiger partial charge in [-0.2, -0.15) is 0 Å². The maximum absolute atomic E-state index is 6.03. The van der Waals surface area contributed by atoms with E-state index in [1.165, 1.54) is 0 Å². The molecule has 1 aromatic carbocycles. The topological polar surface area (TPSA) is 38.9 Å². The first-order valence-electron chi connectivity index (χ1n) is 4.94. The van der Waals surface area contributed by atoms with Gasteiger partial charge >= 0.3 is 0 Å². The van der Waals surface area contributed by atoms with E-state index in [1.54, 1.807) is 23.9 Å². The van der Waals surface area contributed by atoms with Crippen molar-refractivity contribution in [3.63, 3.8) is 0 Å². The molecule has 0 amide bonds. The summed E-state index contributed by atoms with van der Waals surface area (Å²) in [6.45, 7) is 0. The van der Waals surface area contributed by atoms with Gasteiger partial charge in [-0.15, -0.1) is 11.8 Å². The van der Waals surface area contributed by atoms with E-state index >= 15 is 0 Å². The highest BCUT2D eigenvalue weighted by Crippen LogP contribution is 2.26. The van der Waals surface area contributed by atoms with Crippen molar-refractivity contribution in [3.8, 4) is 0 Å². The molecule has 88 valence electrons. The standard InChI is InChI=1S/C12H10Cl2N2S/c13-10-5-6-12(14)16-11(10)7-17-9-3-1-8(15)2-4-9/h1-6H,7,15H2. The molecular formula is C12H10Cl2N2S. The Kier molecular flexibility index (Phi) is 4.15. The molecule has 0 unspecified atom stereocenters. The molecule has 5 heteroatoms. The van der Waals surface area contributed by atoms with Crippen molar-refractivity contribution in [2.24, 2.45) is 0 Å². The number of halogens is 2. The van der Waals surface area contributed by atoms with Crippen LogP contribution in [0.3, 0.4) is 0 Å². The van der Waals surface area contributed by atoms with Crippen LogP contribution in [0.2, 0.25) is 10.2 Å². The highest BCUT2D eigenvalue weighted by molar-refractivity contribution is 7.98. The molecule has 0 aliphatic rings. The molecule has 0 spiro atoms. The molecule has 2 rings (SSSR count). The first kappa shape index (κ1) is 12.6. The van der Waals surface area contributed by atoms with Gasteiger partial charge in [0.25, 0.3) is 0 Å². The number of nitrogens with zero attached hydrogens (tertiary/aromatic N) is 1. The summed E-state index contributed by atoms with van der Waals surface area (Å²) in [6, 6.07) is 11.1. The lowest BCUT2D eigenvalue weighted by molar-refractivity contribution is 1.17. The third-order valence-corrected chi connectivity index (χ3v) is 3.72. The number of pyridine rings is 1. The second kappa shape index (κ2) is 5.63. The smallest absolute Gasteiger partial charge is 0.129 e. The highest BCUT2D eigenvalue weighted by atomic mass is 35.5. The van der Waals surface area contributed by atoms with Gasteiger partial charge in [0.1, 0.15) is 5.15 Å². The van der Waals surface area contributed by atoms with Gasteiger partial charge in [0.05, 0.1) is 10.7 Å². The maximum atomic E-state index is 6.03. The van der Waals surface area contributed by atoms with Gasteiger partial charge in [-0.1, -0.05) is 23.2 Å². The van der Waals surface area contributed by atoms with Crippen molar-refractivity contribution in [2.45, 2.75) is 10.6 Å². The van der Waals surface area contributed by atoms with Crippen molar-refractivity contribution in [1.29, 1.82) is 0 Å². The Hall–Kier alpha value is -0.900. The van der Waals surface area contributed by atoms with Gasteiger partial charge in [0, 0.05) is 16.3 Å². The van der Waals surface area contributed by atoms with Crippen LogP contribution in [0, 0.1) is 0 Å². The van der Waals surface area contributed by atoms with Gasteiger partial charge in [0.15, 0.2) is 0 Å². The molecule has 2 nitrogen and oxygen atoms in total. The largest absolute Gasteiger partial charge is 0.399 e. The number of nitrogens with two attached hydrogens (primary N) is 1. The number of rotatable bonds is 3. The van der Waals surface area contributed by atoms with Crippen molar-refractivity contribution in [3.05, 3.63) is 52.3 Å². The molecule has 0 radical (unpaired) electrons. The highest BCUT2D eigenvalue weighted by Gasteiger charge is 2.04. The number of aromatic nitrogens is 1. The zero-order valence-electron chi connectivity index (χ0n) is 8.86. The summed E-state index contributed by atoms with van der Waals surface area (Å²) < 4.78 is 0. The van der Waals surface area contributed by atoms with Crippen LogP contribution in [0.5, 0.6) is 0 Å². The average Bonchev–Trinajstić information content (AvgIpc) is 2.32. The quantitative estimate of drug-likeness (QED) is 0.520. The Labute approximate surface area is 114 Å². The van der Waals surface area contributed by atoms with E-state index in [9.17, 15) is 0 Å². The second-order valence-corrected chi connectivity index (χ2v) is 5.26. The number of benzene rings is 1. The minimum atomic E-state index is 0.460. The maximum Gasteiger partial charge on any atom is 0.129 e. The lowest BCUT2D eigenvalue weighted by Gasteiger charge is -2.04. The monoisotopic (exact) mass is 284 g/mol. The van der Waals surface area contributed by atoms with Crippen molar-refractivity contribution in [1.82, 2.24) is 4.98 Å². The number of thioether (sulfide) groups is 1. The molecule has 0 aliphatic heterocycles. The van der Waals surface area contributed by atoms with Crippen LogP contribution >= 0.6 is 35.0 Å². The van der Waals surface area contributed by atoms with Crippen molar-refractivity contribution < 1.29 is 0 Å². The number of hydrogen-bond acceptors (Lipinski definition) is 3. The van der Waals surface area contributed by atoms with E-state index in [-0.39, 0.29) is 0 Å². The molecule has 17 heavy (non-hydrogen) atoms. The van der Waals surface area contributed by atoms with Crippen molar-refractivity contribution >= 4 is 40.7 Å². The summed E-state index contributed by atoms with van der Waals surface area (Å²) in [5, 5.41) is 1.10. The van der Waals surface area contributed by atoms with E-state index in [0.29, 0.717) is 15.9 Å². The SMILES string of the molecule is Nc1ccc(SCc2nc(Cl)ccc2Cl)cc1. The first-order valence-corrected chi connectivity index (χ1v) is 6.68. The summed E-state index contributed by atoms with van der Waals surface area (Å²) in [7, 11) is 0. The lowest BCUT2D eigenvalue weighted by Crippen LogP contribution is -1.89. The third kappa shape index (κ3) is 3.53. The molecule has 1 aromatic heterocycles. The summed E-state index contributed by atoms with van der Waals surface area (Å²) in [6.07, 6.45) is 0. The third-order valence-electron chi connectivity index (χ3n) is 2.14. The molecule has 2 aromatic rings. The van der Waals surface area contributed by atoms with Gasteiger partial charge in [-0.25, -0.2) is 4.98 Å². The Balaban J connectivity index is 2.07. The minimum Gasteiger partial charge on any atom is -0.399 e. The fourth-order valence-electron chi connectivity index (χ4n) is 1.27. The number of anilines is 1. The van der Waals surface area contributed by atoms with E-state index in [2.05, 4.69) is 4.98 Å². The summed E-state index contributed by atoms with van der Waals surface area (Å²) >= 11 is 13.5. The van der Waals surface area contributed by atoms with E-state index in [0.717, 1.165) is 16.3 Å². The zero-order valence-corrected chi connectivity index (χ0v) is 11.2. The molecular weight excluding hydrogens is 275 g/mol. The van der Waals surface area contributed by atoms with E-state index in [4.69, 9.17) is 28.9 Å². The molecule has 0 saturated heterocycles. The minimum absolute atomic E-state index is 0.460. The molecule has 1 heterocycles. The molecule has 0 bridgehead atoms. The zero-order chi connectivity index (χ0) is 12.3. The Morgan fingerprint density at radius 3 is 2.47 bits per heavy atom. The first-order chi connectivity index (χ1) is 8.15. The van der Waals surface area contributed by atoms with Crippen LogP contribution in [-0.2, 0) is 5.75 Å². The average molecular weight is 285 g/mol. The van der Waals surface area contributed by atoms with Crippen LogP contribution < -0.4 is 5.73 Å². The predicted octanol–water partition coefficient (Wildman–Crippen LogP) is 4.26. The number of nitrogen functional groups attached to an aromatic ring is 1. The van der Waals surface area contributed by atoms with Crippen LogP contribution in [0.25, 0.3) is 0 Å². The molecule has 2 N–H and O–H groups in total. The lowest BCUT2D eigenvalue weighted by atomic mass is 10.3. The Morgan fingerprint density at radius 2 is 1.76 bits per heavy atom. The van der Waals surface area contributed by atoms with Crippen LogP contribution in [0.15, 0.2) is 41.3 Å². The van der Waals surface area contributed by atoms with Crippen LogP contribution in [-0.4, -0.2) is 4.98 Å². The normalized spacial score (nSPS) is 10.5. The Bertz CT molecular complexity index is 514. The van der Waals surface area contributed by atoms with Gasteiger partial charge in [0.2, 0.25) is 0 Å². The van der Waals surface area contributed by atoms with E-state index in [1.807, 2.05) is 24.3 Å². The van der Waals surface area contributed by atoms with Gasteiger partial charge in [-0.3, -0.25) is 0 Å². The molecule has 0 saturated carbocycles. The molecule has 0 fully saturated rings. The summed E-state index contributed by atoms with van der Waals surface area (Å²) in [5.74, 6) is 0.684. The number of hydrogen-bond donors (Lipinski definition) is 1. The van der Waals surface area contributed by atoms with E-state index < -0.39 is 0 Å². The Morgan fingerprint density at radius 1 is 1.06 bits per heavy atom. The van der Waals surface area contributed by atoms with Gasteiger partial charge < -0.3 is 5.73 Å². The van der Waals surface area contributed by atoms with Crippen LogP contribution in [0.1, 0.15) is 5.69 Å². The summed E-state index contributed by atoms with van der Waals surface area (Å²) in [4.78, 5) is 5.32. The van der Waals surface area contributed by atoms with Crippen molar-refractivity contribution in [2.75, 3.05) is 5.73 Å². The van der Waals surface area contributed by atoms with Gasteiger partial charge in [-0.05, 0) is 36.4 Å². The summed E-state index contributed by atoms with van der Waals surface area (Å²) in [5.41, 5.74) is 7.17. The molecule has 0 atom stereocenters. The fourth-order valence-corrected chi connectivity index (χ4v) is 2.54. The second-order valence-electron chi connectivity index (χ2n) is 3.42. The molecule has 0 aliphatic carbocycles. The van der Waals surface area contributed by atoms with Crippen LogP contribution in [0.4, 0.5) is 5.69 Å². The predicted molar refractivity (Wildman–Crippen MR) is 74.7 cm³/mol. The fraction of sp³-hybridized carbons (Fsp3) is 0.0833.